The Morgan fingerprint density at radius 2 is 1.90 bits per heavy atom. The zero-order chi connectivity index (χ0) is 29.5. The fraction of sp³-hybridized carbons (Fsp3) is 0.103. The monoisotopic (exact) mass is 641 g/mol. The number of furan rings is 1. The smallest absolute Gasteiger partial charge is 0.296 e. The van der Waals surface area contributed by atoms with E-state index in [0.717, 1.165) is 16.9 Å². The molecule has 0 aliphatic carbocycles. The van der Waals surface area contributed by atoms with E-state index in [0.29, 0.717) is 32.4 Å². The van der Waals surface area contributed by atoms with Crippen molar-refractivity contribution in [3.63, 3.8) is 0 Å². The second kappa shape index (κ2) is 11.4. The lowest BCUT2D eigenvalue weighted by Gasteiger charge is -2.24. The second-order valence-electron chi connectivity index (χ2n) is 9.10. The number of nitrogens with zero attached hydrogens (tertiary/aromatic N) is 3. The number of amides is 1. The molecule has 5 aromatic rings. The van der Waals surface area contributed by atoms with Crippen LogP contribution in [0, 0.1) is 5.82 Å². The van der Waals surface area contributed by atoms with Crippen LogP contribution in [0.25, 0.3) is 11.0 Å². The van der Waals surface area contributed by atoms with Crippen molar-refractivity contribution < 1.29 is 28.2 Å². The number of thioether (sulfide) groups is 1. The summed E-state index contributed by atoms with van der Waals surface area (Å²) in [6, 6.07) is 16.4. The highest BCUT2D eigenvalue weighted by Gasteiger charge is 2.47. The standard InChI is InChI=1S/C29H18Cl2FN3O5S2/c1-39-20-4-2-3-16-12-21(40-26(16)20)24(36)22-23(15-7-10-18(30)19(31)11-15)35(27(38)25(22)37)28-33-34-29(42-28)41-13-14-5-8-17(32)9-6-14/h2-12,23,37H,13H2,1H3. The summed E-state index contributed by atoms with van der Waals surface area (Å²) in [7, 11) is 1.48. The third-order valence-electron chi connectivity index (χ3n) is 6.54. The van der Waals surface area contributed by atoms with Crippen molar-refractivity contribution in [1.29, 1.82) is 0 Å². The van der Waals surface area contributed by atoms with Gasteiger partial charge in [-0.2, -0.15) is 0 Å². The molecule has 1 amide bonds. The lowest BCUT2D eigenvalue weighted by molar-refractivity contribution is -0.117. The third-order valence-corrected chi connectivity index (χ3v) is 9.41. The number of ether oxygens (including phenoxy) is 1. The van der Waals surface area contributed by atoms with E-state index < -0.39 is 23.5 Å². The zero-order valence-electron chi connectivity index (χ0n) is 21.5. The van der Waals surface area contributed by atoms with E-state index in [-0.39, 0.29) is 32.3 Å². The van der Waals surface area contributed by atoms with Gasteiger partial charge in [-0.15, -0.1) is 10.2 Å². The number of carbonyl (C=O) groups excluding carboxylic acids is 2. The lowest BCUT2D eigenvalue weighted by atomic mass is 9.95. The van der Waals surface area contributed by atoms with Crippen molar-refractivity contribution in [2.75, 3.05) is 12.0 Å². The number of aliphatic hydroxyl groups is 1. The molecule has 212 valence electrons. The van der Waals surface area contributed by atoms with Gasteiger partial charge in [-0.05, 0) is 47.5 Å². The largest absolute Gasteiger partial charge is 0.503 e. The number of para-hydroxylation sites is 1. The Hall–Kier alpha value is -3.90. The lowest BCUT2D eigenvalue weighted by Crippen LogP contribution is -2.31. The van der Waals surface area contributed by atoms with Crippen LogP contribution in [-0.2, 0) is 10.5 Å². The summed E-state index contributed by atoms with van der Waals surface area (Å²) in [5.41, 5.74) is 1.42. The highest BCUT2D eigenvalue weighted by atomic mass is 35.5. The molecule has 0 saturated heterocycles. The number of aliphatic hydroxyl groups excluding tert-OH is 1. The summed E-state index contributed by atoms with van der Waals surface area (Å²) in [5.74, 6) is -1.80. The highest BCUT2D eigenvalue weighted by Crippen LogP contribution is 2.45. The first-order valence-electron chi connectivity index (χ1n) is 12.3. The molecule has 2 aromatic heterocycles. The van der Waals surface area contributed by atoms with Gasteiger partial charge in [-0.25, -0.2) is 4.39 Å². The van der Waals surface area contributed by atoms with Gasteiger partial charge in [0.1, 0.15) is 5.82 Å². The molecule has 3 heterocycles. The molecule has 1 N–H and O–H groups in total. The number of hydrogen-bond acceptors (Lipinski definition) is 9. The van der Waals surface area contributed by atoms with E-state index in [1.165, 1.54) is 54.1 Å². The number of Topliss-reactive ketones (excluding diaryl/α,β-unsaturated/α-hetero) is 1. The Morgan fingerprint density at radius 1 is 1.12 bits per heavy atom. The number of fused-ring (bicyclic) bond motifs is 1. The Bertz CT molecular complexity index is 1890. The fourth-order valence-corrected chi connectivity index (χ4v) is 6.69. The summed E-state index contributed by atoms with van der Waals surface area (Å²) >= 11 is 14.9. The summed E-state index contributed by atoms with van der Waals surface area (Å²) in [6.07, 6.45) is 0. The molecule has 0 fully saturated rings. The van der Waals surface area contributed by atoms with Gasteiger partial charge in [-0.3, -0.25) is 14.5 Å². The number of anilines is 1. The molecule has 8 nitrogen and oxygen atoms in total. The van der Waals surface area contributed by atoms with Gasteiger partial charge in [0.2, 0.25) is 10.9 Å². The van der Waals surface area contributed by atoms with Crippen LogP contribution >= 0.6 is 46.3 Å². The van der Waals surface area contributed by atoms with Crippen molar-refractivity contribution >= 4 is 74.1 Å². The summed E-state index contributed by atoms with van der Waals surface area (Å²) in [6.45, 7) is 0. The van der Waals surface area contributed by atoms with Gasteiger partial charge in [0.15, 0.2) is 27.2 Å². The van der Waals surface area contributed by atoms with E-state index in [1.54, 1.807) is 36.4 Å². The first-order chi connectivity index (χ1) is 20.2. The first-order valence-corrected chi connectivity index (χ1v) is 14.8. The van der Waals surface area contributed by atoms with E-state index in [4.69, 9.17) is 32.4 Å². The molecule has 1 atom stereocenters. The van der Waals surface area contributed by atoms with Crippen LogP contribution in [-0.4, -0.2) is 34.1 Å². The maximum atomic E-state index is 13.9. The highest BCUT2D eigenvalue weighted by molar-refractivity contribution is 8.00. The SMILES string of the molecule is COc1cccc2cc(C(=O)C3=C(O)C(=O)N(c4nnc(SCc5ccc(F)cc5)s4)C3c3ccc(Cl)c(Cl)c3)oc12. The second-order valence-corrected chi connectivity index (χ2v) is 12.1. The molecule has 13 heteroatoms. The van der Waals surface area contributed by atoms with Crippen LogP contribution in [0.15, 0.2) is 86.8 Å². The van der Waals surface area contributed by atoms with Gasteiger partial charge >= 0.3 is 0 Å². The average molecular weight is 643 g/mol. The van der Waals surface area contributed by atoms with Crippen LogP contribution in [0.5, 0.6) is 5.75 Å². The molecular formula is C29H18Cl2FN3O5S2. The number of ketones is 1. The van der Waals surface area contributed by atoms with Crippen LogP contribution in [0.4, 0.5) is 9.52 Å². The average Bonchev–Trinajstić information content (AvgIpc) is 3.70. The number of carbonyl (C=O) groups is 2. The zero-order valence-corrected chi connectivity index (χ0v) is 24.7. The van der Waals surface area contributed by atoms with Crippen molar-refractivity contribution in [3.05, 3.63) is 111 Å². The van der Waals surface area contributed by atoms with E-state index in [2.05, 4.69) is 10.2 Å². The summed E-state index contributed by atoms with van der Waals surface area (Å²) < 4.78 is 25.0. The Kier molecular flexibility index (Phi) is 7.67. The molecule has 6 rings (SSSR count). The van der Waals surface area contributed by atoms with Crippen LogP contribution < -0.4 is 9.64 Å². The Balaban J connectivity index is 1.38. The molecular weight excluding hydrogens is 624 g/mol. The molecule has 3 aromatic carbocycles. The fourth-order valence-electron chi connectivity index (χ4n) is 4.56. The molecule has 42 heavy (non-hydrogen) atoms. The number of methoxy groups -OCH3 is 1. The Labute approximate surface area is 256 Å². The van der Waals surface area contributed by atoms with Gasteiger partial charge in [0, 0.05) is 11.1 Å². The summed E-state index contributed by atoms with van der Waals surface area (Å²) in [4.78, 5) is 28.7. The van der Waals surface area contributed by atoms with Crippen molar-refractivity contribution in [2.24, 2.45) is 0 Å². The van der Waals surface area contributed by atoms with E-state index in [1.807, 2.05) is 0 Å². The van der Waals surface area contributed by atoms with Gasteiger partial charge in [-0.1, -0.05) is 76.6 Å². The number of aromatic nitrogens is 2. The number of rotatable bonds is 8. The quantitative estimate of drug-likeness (QED) is 0.104. The van der Waals surface area contributed by atoms with Crippen LogP contribution in [0.3, 0.4) is 0 Å². The Morgan fingerprint density at radius 3 is 2.64 bits per heavy atom. The molecule has 0 spiro atoms. The molecule has 0 radical (unpaired) electrons. The number of halogens is 3. The molecule has 1 aliphatic heterocycles. The van der Waals surface area contributed by atoms with Crippen molar-refractivity contribution in [2.45, 2.75) is 16.1 Å². The molecule has 1 aliphatic rings. The van der Waals surface area contributed by atoms with Crippen LogP contribution in [0.1, 0.15) is 27.7 Å². The maximum absolute atomic E-state index is 13.9. The van der Waals surface area contributed by atoms with Crippen molar-refractivity contribution in [3.8, 4) is 5.75 Å². The minimum Gasteiger partial charge on any atom is -0.503 e. The maximum Gasteiger partial charge on any atom is 0.296 e. The third kappa shape index (κ3) is 5.13. The van der Waals surface area contributed by atoms with Gasteiger partial charge in [0.25, 0.3) is 5.91 Å². The van der Waals surface area contributed by atoms with E-state index >= 15 is 0 Å². The number of hydrogen-bond donors (Lipinski definition) is 1. The van der Waals surface area contributed by atoms with Crippen molar-refractivity contribution in [1.82, 2.24) is 10.2 Å². The number of benzene rings is 3. The van der Waals surface area contributed by atoms with Gasteiger partial charge in [0.05, 0.1) is 28.8 Å². The molecule has 0 bridgehead atoms. The molecule has 1 unspecified atom stereocenters. The predicted molar refractivity (Wildman–Crippen MR) is 159 cm³/mol. The predicted octanol–water partition coefficient (Wildman–Crippen LogP) is 7.81. The topological polar surface area (TPSA) is 106 Å². The minimum absolute atomic E-state index is 0.0939. The minimum atomic E-state index is -1.11. The normalized spacial score (nSPS) is 15.2. The van der Waals surface area contributed by atoms with Gasteiger partial charge < -0.3 is 14.3 Å². The first kappa shape index (κ1) is 28.2. The van der Waals surface area contributed by atoms with E-state index in [9.17, 15) is 19.1 Å². The summed E-state index contributed by atoms with van der Waals surface area (Å²) in [5, 5.41) is 20.7. The molecule has 0 saturated carbocycles. The van der Waals surface area contributed by atoms with Crippen LogP contribution in [0.2, 0.25) is 10.0 Å².